The second kappa shape index (κ2) is 5.57. The molecule has 0 amide bonds. The van der Waals surface area contributed by atoms with Crippen LogP contribution >= 0.6 is 27.3 Å². The van der Waals surface area contributed by atoms with E-state index < -0.39 is 0 Å². The van der Waals surface area contributed by atoms with Gasteiger partial charge in [0.2, 0.25) is 0 Å². The number of hydrogen-bond acceptors (Lipinski definition) is 3. The highest BCUT2D eigenvalue weighted by Gasteiger charge is 2.17. The Labute approximate surface area is 108 Å². The van der Waals surface area contributed by atoms with Crippen LogP contribution < -0.4 is 5.32 Å². The zero-order valence-corrected chi connectivity index (χ0v) is 11.4. The Morgan fingerprint density at radius 1 is 1.44 bits per heavy atom. The first-order valence-electron chi connectivity index (χ1n) is 5.20. The Bertz CT molecular complexity index is 441. The molecule has 0 radical (unpaired) electrons. The highest BCUT2D eigenvalue weighted by atomic mass is 79.9. The van der Waals surface area contributed by atoms with Gasteiger partial charge in [0.05, 0.1) is 11.7 Å². The number of nitrogens with one attached hydrogen (secondary N) is 1. The molecule has 0 bridgehead atoms. The lowest BCUT2D eigenvalue weighted by atomic mass is 10.1. The van der Waals surface area contributed by atoms with Crippen molar-refractivity contribution in [2.24, 2.45) is 0 Å². The average molecular weight is 297 g/mol. The van der Waals surface area contributed by atoms with Gasteiger partial charge in [0.15, 0.2) is 0 Å². The lowest BCUT2D eigenvalue weighted by Crippen LogP contribution is -2.22. The molecule has 0 aliphatic carbocycles. The largest absolute Gasteiger partial charge is 0.305 e. The maximum absolute atomic E-state index is 4.42. The van der Waals surface area contributed by atoms with E-state index in [1.807, 2.05) is 18.3 Å². The molecule has 2 nitrogen and oxygen atoms in total. The number of aromatic nitrogens is 1. The molecule has 0 aromatic carbocycles. The van der Waals surface area contributed by atoms with Gasteiger partial charge >= 0.3 is 0 Å². The molecular weight excluding hydrogens is 284 g/mol. The van der Waals surface area contributed by atoms with Crippen LogP contribution in [0, 0.1) is 0 Å². The molecule has 84 valence electrons. The van der Waals surface area contributed by atoms with Gasteiger partial charge in [-0.1, -0.05) is 13.0 Å². The van der Waals surface area contributed by atoms with Gasteiger partial charge in [0.1, 0.15) is 0 Å². The van der Waals surface area contributed by atoms with E-state index in [-0.39, 0.29) is 6.04 Å². The lowest BCUT2D eigenvalue weighted by Gasteiger charge is -2.16. The quantitative estimate of drug-likeness (QED) is 0.932. The van der Waals surface area contributed by atoms with Gasteiger partial charge in [-0.25, -0.2) is 0 Å². The SMILES string of the molecule is CCNC(c1ccccn1)c1sccc1Br. The molecule has 1 N–H and O–H groups in total. The van der Waals surface area contributed by atoms with Crippen LogP contribution in [0.4, 0.5) is 0 Å². The van der Waals surface area contributed by atoms with E-state index in [4.69, 9.17) is 0 Å². The third-order valence-corrected chi connectivity index (χ3v) is 4.23. The summed E-state index contributed by atoms with van der Waals surface area (Å²) in [6.07, 6.45) is 1.83. The predicted octanol–water partition coefficient (Wildman–Crippen LogP) is 3.60. The summed E-state index contributed by atoms with van der Waals surface area (Å²) in [6, 6.07) is 8.28. The standard InChI is InChI=1S/C12H13BrN2S/c1-2-14-11(10-5-3-4-7-15-10)12-9(13)6-8-16-12/h3-8,11,14H,2H2,1H3. The van der Waals surface area contributed by atoms with Crippen LogP contribution in [0.5, 0.6) is 0 Å². The van der Waals surface area contributed by atoms with Crippen molar-refractivity contribution < 1.29 is 0 Å². The minimum Gasteiger partial charge on any atom is -0.305 e. The van der Waals surface area contributed by atoms with Crippen molar-refractivity contribution in [1.29, 1.82) is 0 Å². The Morgan fingerprint density at radius 2 is 2.31 bits per heavy atom. The maximum Gasteiger partial charge on any atom is 0.0856 e. The second-order valence-corrected chi connectivity index (χ2v) is 5.18. The van der Waals surface area contributed by atoms with Gasteiger partial charge in [-0.3, -0.25) is 4.98 Å². The number of rotatable bonds is 4. The maximum atomic E-state index is 4.42. The molecule has 1 unspecified atom stereocenters. The Morgan fingerprint density at radius 3 is 2.88 bits per heavy atom. The number of pyridine rings is 1. The molecule has 2 heterocycles. The summed E-state index contributed by atoms with van der Waals surface area (Å²) in [7, 11) is 0. The van der Waals surface area contributed by atoms with Crippen LogP contribution in [-0.2, 0) is 0 Å². The molecule has 2 aromatic heterocycles. The number of nitrogens with zero attached hydrogens (tertiary/aromatic N) is 1. The van der Waals surface area contributed by atoms with Crippen LogP contribution in [-0.4, -0.2) is 11.5 Å². The normalized spacial score (nSPS) is 12.6. The minimum absolute atomic E-state index is 0.181. The molecule has 0 fully saturated rings. The Kier molecular flexibility index (Phi) is 4.09. The summed E-state index contributed by atoms with van der Waals surface area (Å²) in [5.74, 6) is 0. The van der Waals surface area contributed by atoms with Crippen molar-refractivity contribution in [3.05, 3.63) is 50.9 Å². The summed E-state index contributed by atoms with van der Waals surface area (Å²) >= 11 is 5.32. The van der Waals surface area contributed by atoms with E-state index in [0.717, 1.165) is 16.7 Å². The van der Waals surface area contributed by atoms with E-state index in [1.165, 1.54) is 4.88 Å². The molecule has 0 aliphatic rings. The number of thiophene rings is 1. The molecule has 4 heteroatoms. The second-order valence-electron chi connectivity index (χ2n) is 3.38. The monoisotopic (exact) mass is 296 g/mol. The van der Waals surface area contributed by atoms with Crippen LogP contribution in [0.15, 0.2) is 40.3 Å². The molecule has 16 heavy (non-hydrogen) atoms. The highest BCUT2D eigenvalue weighted by Crippen LogP contribution is 2.32. The van der Waals surface area contributed by atoms with Gasteiger partial charge in [0, 0.05) is 15.5 Å². The van der Waals surface area contributed by atoms with E-state index in [0.29, 0.717) is 0 Å². The highest BCUT2D eigenvalue weighted by molar-refractivity contribution is 9.10. The first-order valence-corrected chi connectivity index (χ1v) is 6.87. The van der Waals surface area contributed by atoms with Crippen molar-refractivity contribution in [1.82, 2.24) is 10.3 Å². The smallest absolute Gasteiger partial charge is 0.0856 e. The summed E-state index contributed by atoms with van der Waals surface area (Å²) in [5.41, 5.74) is 1.06. The third kappa shape index (κ3) is 2.51. The molecule has 0 spiro atoms. The van der Waals surface area contributed by atoms with Crippen molar-refractivity contribution in [3.63, 3.8) is 0 Å². The average Bonchev–Trinajstić information content (AvgIpc) is 2.73. The van der Waals surface area contributed by atoms with E-state index >= 15 is 0 Å². The van der Waals surface area contributed by atoms with Crippen LogP contribution in [0.2, 0.25) is 0 Å². The molecular formula is C12H13BrN2S. The molecule has 1 atom stereocenters. The van der Waals surface area contributed by atoms with Gasteiger partial charge in [-0.2, -0.15) is 0 Å². The van der Waals surface area contributed by atoms with Gasteiger partial charge in [-0.05, 0) is 46.1 Å². The van der Waals surface area contributed by atoms with E-state index in [1.54, 1.807) is 11.3 Å². The summed E-state index contributed by atoms with van der Waals surface area (Å²) in [5, 5.41) is 5.55. The summed E-state index contributed by atoms with van der Waals surface area (Å²) in [6.45, 7) is 3.03. The fourth-order valence-corrected chi connectivity index (χ4v) is 3.28. The fourth-order valence-electron chi connectivity index (χ4n) is 1.59. The van der Waals surface area contributed by atoms with E-state index in [9.17, 15) is 0 Å². The first kappa shape index (κ1) is 11.8. The van der Waals surface area contributed by atoms with Crippen LogP contribution in [0.1, 0.15) is 23.5 Å². The first-order chi connectivity index (χ1) is 7.83. The summed E-state index contributed by atoms with van der Waals surface area (Å²) in [4.78, 5) is 5.70. The predicted molar refractivity (Wildman–Crippen MR) is 71.8 cm³/mol. The number of hydrogen-bond donors (Lipinski definition) is 1. The molecule has 0 saturated heterocycles. The van der Waals surface area contributed by atoms with E-state index in [2.05, 4.69) is 50.7 Å². The van der Waals surface area contributed by atoms with Crippen molar-refractivity contribution in [2.45, 2.75) is 13.0 Å². The minimum atomic E-state index is 0.181. The molecule has 0 saturated carbocycles. The van der Waals surface area contributed by atoms with Gasteiger partial charge in [0.25, 0.3) is 0 Å². The van der Waals surface area contributed by atoms with Gasteiger partial charge < -0.3 is 5.32 Å². The Balaban J connectivity index is 2.35. The zero-order chi connectivity index (χ0) is 11.4. The van der Waals surface area contributed by atoms with Crippen LogP contribution in [0.3, 0.4) is 0 Å². The Hall–Kier alpha value is -0.710. The fraction of sp³-hybridized carbons (Fsp3) is 0.250. The number of halogens is 1. The summed E-state index contributed by atoms with van der Waals surface area (Å²) < 4.78 is 1.15. The topological polar surface area (TPSA) is 24.9 Å². The van der Waals surface area contributed by atoms with Crippen molar-refractivity contribution >= 4 is 27.3 Å². The van der Waals surface area contributed by atoms with Crippen LogP contribution in [0.25, 0.3) is 0 Å². The molecule has 2 rings (SSSR count). The molecule has 2 aromatic rings. The van der Waals surface area contributed by atoms with Crippen molar-refractivity contribution in [3.8, 4) is 0 Å². The lowest BCUT2D eigenvalue weighted by molar-refractivity contribution is 0.622. The third-order valence-electron chi connectivity index (χ3n) is 2.30. The molecule has 0 aliphatic heterocycles. The van der Waals surface area contributed by atoms with Gasteiger partial charge in [-0.15, -0.1) is 11.3 Å². The zero-order valence-electron chi connectivity index (χ0n) is 8.98. The van der Waals surface area contributed by atoms with Crippen molar-refractivity contribution in [2.75, 3.05) is 6.54 Å².